The highest BCUT2D eigenvalue weighted by atomic mass is 19.4. The smallest absolute Gasteiger partial charge is 0.416 e. The van der Waals surface area contributed by atoms with Crippen molar-refractivity contribution in [3.8, 4) is 5.75 Å². The highest BCUT2D eigenvalue weighted by Gasteiger charge is 2.30. The standard InChI is InChI=1S/C30H28F3N3O2/c31-30(32,33)24-10-12-25(13-11-24)34-28(37)20-38-26-8-4-7-23-9-14-27(35-29(23)26)36-17-15-22(16-18-36)19-21-5-2-1-3-6-21/h1-14,22H,15-20H2,(H,34,37). The summed E-state index contributed by atoms with van der Waals surface area (Å²) in [7, 11) is 0. The molecule has 196 valence electrons. The molecule has 3 aromatic carbocycles. The van der Waals surface area contributed by atoms with Crippen LogP contribution in [-0.4, -0.2) is 30.6 Å². The molecule has 2 heterocycles. The minimum Gasteiger partial charge on any atom is -0.481 e. The summed E-state index contributed by atoms with van der Waals surface area (Å²) in [5, 5.41) is 3.46. The summed E-state index contributed by atoms with van der Waals surface area (Å²) in [5.74, 6) is 1.53. The number of piperidine rings is 1. The zero-order chi connectivity index (χ0) is 26.5. The highest BCUT2D eigenvalue weighted by molar-refractivity contribution is 5.92. The molecule has 0 unspecified atom stereocenters. The molecule has 1 N–H and O–H groups in total. The molecule has 0 aliphatic carbocycles. The molecule has 8 heteroatoms. The zero-order valence-electron chi connectivity index (χ0n) is 20.7. The lowest BCUT2D eigenvalue weighted by atomic mass is 9.90. The van der Waals surface area contributed by atoms with Gasteiger partial charge in [0.25, 0.3) is 5.91 Å². The van der Waals surface area contributed by atoms with Gasteiger partial charge in [-0.15, -0.1) is 0 Å². The van der Waals surface area contributed by atoms with Crippen molar-refractivity contribution in [2.24, 2.45) is 5.92 Å². The second-order valence-corrected chi connectivity index (χ2v) is 9.53. The number of carbonyl (C=O) groups is 1. The minimum absolute atomic E-state index is 0.264. The molecule has 0 spiro atoms. The van der Waals surface area contributed by atoms with E-state index in [1.165, 1.54) is 17.7 Å². The van der Waals surface area contributed by atoms with Crippen molar-refractivity contribution in [3.05, 3.63) is 96.1 Å². The Hall–Kier alpha value is -4.07. The Bertz CT molecular complexity index is 1380. The highest BCUT2D eigenvalue weighted by Crippen LogP contribution is 2.31. The van der Waals surface area contributed by atoms with E-state index in [9.17, 15) is 18.0 Å². The molecule has 0 saturated carbocycles. The van der Waals surface area contributed by atoms with Crippen LogP contribution in [0, 0.1) is 5.92 Å². The number of ether oxygens (including phenoxy) is 1. The van der Waals surface area contributed by atoms with Gasteiger partial charge in [-0.25, -0.2) is 4.98 Å². The number of para-hydroxylation sites is 1. The van der Waals surface area contributed by atoms with Gasteiger partial charge in [-0.05, 0) is 73.2 Å². The third kappa shape index (κ3) is 6.25. The van der Waals surface area contributed by atoms with Crippen LogP contribution in [0.5, 0.6) is 5.75 Å². The number of anilines is 2. The molecule has 1 aliphatic rings. The van der Waals surface area contributed by atoms with Crippen LogP contribution in [0.15, 0.2) is 84.9 Å². The van der Waals surface area contributed by atoms with Crippen LogP contribution in [0.2, 0.25) is 0 Å². The number of benzene rings is 3. The van der Waals surface area contributed by atoms with Gasteiger partial charge >= 0.3 is 6.18 Å². The van der Waals surface area contributed by atoms with Crippen molar-refractivity contribution >= 4 is 28.3 Å². The van der Waals surface area contributed by atoms with Gasteiger partial charge in [0.2, 0.25) is 0 Å². The topological polar surface area (TPSA) is 54.5 Å². The van der Waals surface area contributed by atoms with Gasteiger partial charge < -0.3 is 15.0 Å². The molecule has 4 aromatic rings. The number of carbonyl (C=O) groups excluding carboxylic acids is 1. The van der Waals surface area contributed by atoms with E-state index in [0.29, 0.717) is 17.2 Å². The van der Waals surface area contributed by atoms with Crippen molar-refractivity contribution in [1.29, 1.82) is 0 Å². The first kappa shape index (κ1) is 25.6. The molecule has 1 amide bonds. The van der Waals surface area contributed by atoms with E-state index in [1.807, 2.05) is 30.3 Å². The third-order valence-electron chi connectivity index (χ3n) is 6.83. The van der Waals surface area contributed by atoms with Crippen LogP contribution >= 0.6 is 0 Å². The number of amides is 1. The Morgan fingerprint density at radius 2 is 1.66 bits per heavy atom. The first-order valence-electron chi connectivity index (χ1n) is 12.6. The fraction of sp³-hybridized carbons (Fsp3) is 0.267. The Balaban J connectivity index is 1.20. The number of nitrogens with one attached hydrogen (secondary N) is 1. The second kappa shape index (κ2) is 11.1. The number of halogens is 3. The molecule has 0 bridgehead atoms. The number of pyridine rings is 1. The summed E-state index contributed by atoms with van der Waals surface area (Å²) in [6.45, 7) is 1.56. The summed E-state index contributed by atoms with van der Waals surface area (Å²) in [4.78, 5) is 19.5. The van der Waals surface area contributed by atoms with E-state index < -0.39 is 17.6 Å². The molecule has 0 atom stereocenters. The van der Waals surface area contributed by atoms with Crippen molar-refractivity contribution in [1.82, 2.24) is 4.98 Å². The van der Waals surface area contributed by atoms with Gasteiger partial charge in [-0.2, -0.15) is 13.2 Å². The Morgan fingerprint density at radius 3 is 2.37 bits per heavy atom. The molecule has 1 aliphatic heterocycles. The predicted molar refractivity (Wildman–Crippen MR) is 142 cm³/mol. The quantitative estimate of drug-likeness (QED) is 0.294. The zero-order valence-corrected chi connectivity index (χ0v) is 20.7. The normalized spacial score (nSPS) is 14.4. The van der Waals surface area contributed by atoms with E-state index in [-0.39, 0.29) is 12.3 Å². The average molecular weight is 520 g/mol. The van der Waals surface area contributed by atoms with Gasteiger partial charge in [-0.3, -0.25) is 4.79 Å². The van der Waals surface area contributed by atoms with Gasteiger partial charge in [0.1, 0.15) is 17.1 Å². The lowest BCUT2D eigenvalue weighted by molar-refractivity contribution is -0.137. The summed E-state index contributed by atoms with van der Waals surface area (Å²) in [6.07, 6.45) is -1.15. The molecule has 5 rings (SSSR count). The van der Waals surface area contributed by atoms with Crippen molar-refractivity contribution in [2.75, 3.05) is 29.9 Å². The molecular formula is C30H28F3N3O2. The lowest BCUT2D eigenvalue weighted by Gasteiger charge is -2.33. The van der Waals surface area contributed by atoms with E-state index in [0.717, 1.165) is 55.7 Å². The van der Waals surface area contributed by atoms with Gasteiger partial charge in [0.05, 0.1) is 5.56 Å². The van der Waals surface area contributed by atoms with Gasteiger partial charge in [0, 0.05) is 24.2 Å². The number of rotatable bonds is 7. The second-order valence-electron chi connectivity index (χ2n) is 9.53. The number of aromatic nitrogens is 1. The monoisotopic (exact) mass is 519 g/mol. The van der Waals surface area contributed by atoms with Crippen molar-refractivity contribution < 1.29 is 22.7 Å². The van der Waals surface area contributed by atoms with Crippen LogP contribution in [0.1, 0.15) is 24.0 Å². The molecule has 38 heavy (non-hydrogen) atoms. The molecule has 5 nitrogen and oxygen atoms in total. The van der Waals surface area contributed by atoms with Gasteiger partial charge in [0.15, 0.2) is 6.61 Å². The first-order valence-corrected chi connectivity index (χ1v) is 12.6. The lowest BCUT2D eigenvalue weighted by Crippen LogP contribution is -2.34. The van der Waals surface area contributed by atoms with E-state index in [4.69, 9.17) is 9.72 Å². The molecule has 1 fully saturated rings. The van der Waals surface area contributed by atoms with Crippen LogP contribution in [0.3, 0.4) is 0 Å². The fourth-order valence-corrected chi connectivity index (χ4v) is 4.80. The van der Waals surface area contributed by atoms with E-state index in [1.54, 1.807) is 6.07 Å². The Kier molecular flexibility index (Phi) is 7.49. The minimum atomic E-state index is -4.43. The van der Waals surface area contributed by atoms with Crippen LogP contribution < -0.4 is 15.0 Å². The first-order chi connectivity index (χ1) is 18.3. The maximum atomic E-state index is 12.7. The summed E-state index contributed by atoms with van der Waals surface area (Å²) >= 11 is 0. The van der Waals surface area contributed by atoms with Crippen LogP contribution in [-0.2, 0) is 17.4 Å². The van der Waals surface area contributed by atoms with Crippen LogP contribution in [0.4, 0.5) is 24.7 Å². The maximum Gasteiger partial charge on any atom is 0.416 e. The maximum absolute atomic E-state index is 12.7. The Morgan fingerprint density at radius 1 is 0.921 bits per heavy atom. The predicted octanol–water partition coefficient (Wildman–Crippen LogP) is 6.73. The van der Waals surface area contributed by atoms with E-state index >= 15 is 0 Å². The molecule has 1 aromatic heterocycles. The third-order valence-corrected chi connectivity index (χ3v) is 6.83. The Labute approximate surface area is 219 Å². The summed E-state index contributed by atoms with van der Waals surface area (Å²) in [6, 6.07) is 24.4. The number of alkyl halides is 3. The van der Waals surface area contributed by atoms with Gasteiger partial charge in [-0.1, -0.05) is 42.5 Å². The number of fused-ring (bicyclic) bond motifs is 1. The summed E-state index contributed by atoms with van der Waals surface area (Å²) < 4.78 is 44.0. The van der Waals surface area contributed by atoms with Crippen molar-refractivity contribution in [3.63, 3.8) is 0 Å². The van der Waals surface area contributed by atoms with Crippen LogP contribution in [0.25, 0.3) is 10.9 Å². The average Bonchev–Trinajstić information content (AvgIpc) is 2.92. The molecular weight excluding hydrogens is 491 g/mol. The fourth-order valence-electron chi connectivity index (χ4n) is 4.80. The number of nitrogens with zero attached hydrogens (tertiary/aromatic N) is 2. The van der Waals surface area contributed by atoms with Crippen molar-refractivity contribution in [2.45, 2.75) is 25.4 Å². The number of hydrogen-bond acceptors (Lipinski definition) is 4. The number of hydrogen-bond donors (Lipinski definition) is 1. The molecule has 1 saturated heterocycles. The SMILES string of the molecule is O=C(COc1cccc2ccc(N3CCC(Cc4ccccc4)CC3)nc12)Nc1ccc(C(F)(F)F)cc1. The molecule has 0 radical (unpaired) electrons. The van der Waals surface area contributed by atoms with E-state index in [2.05, 4.69) is 34.5 Å². The largest absolute Gasteiger partial charge is 0.481 e. The summed E-state index contributed by atoms with van der Waals surface area (Å²) in [5.41, 5.74) is 1.53.